The van der Waals surface area contributed by atoms with Crippen LogP contribution < -0.4 is 0 Å². The molecule has 0 saturated heterocycles. The first kappa shape index (κ1) is 91.1. The molecule has 0 bridgehead atoms. The molecule has 5 atom stereocenters. The summed E-state index contributed by atoms with van der Waals surface area (Å²) in [6.45, 7) is 9.54. The van der Waals surface area contributed by atoms with Gasteiger partial charge in [0.15, 0.2) is 12.2 Å². The van der Waals surface area contributed by atoms with E-state index in [-0.39, 0.29) is 25.7 Å². The minimum atomic E-state index is -4.96. The number of esters is 4. The van der Waals surface area contributed by atoms with Crippen LogP contribution in [0.1, 0.15) is 382 Å². The van der Waals surface area contributed by atoms with Crippen LogP contribution >= 0.6 is 15.6 Å². The van der Waals surface area contributed by atoms with Crippen molar-refractivity contribution in [3.8, 4) is 0 Å². The Morgan fingerprint density at radius 3 is 0.731 bits per heavy atom. The third-order valence-corrected chi connectivity index (χ3v) is 19.1. The van der Waals surface area contributed by atoms with E-state index in [0.29, 0.717) is 31.6 Å². The zero-order valence-corrected chi connectivity index (χ0v) is 62.3. The lowest BCUT2D eigenvalue weighted by atomic mass is 10.0. The Morgan fingerprint density at radius 2 is 0.495 bits per heavy atom. The molecule has 0 fully saturated rings. The molecule has 0 amide bonds. The summed E-state index contributed by atoms with van der Waals surface area (Å²) in [4.78, 5) is 72.7. The molecule has 93 heavy (non-hydrogen) atoms. The van der Waals surface area contributed by atoms with E-state index < -0.39 is 97.5 Å². The van der Waals surface area contributed by atoms with E-state index in [1.165, 1.54) is 193 Å². The normalized spacial score (nSPS) is 14.1. The summed E-state index contributed by atoms with van der Waals surface area (Å²) in [6, 6.07) is 0. The number of ether oxygens (including phenoxy) is 4. The maximum Gasteiger partial charge on any atom is 0.472 e. The van der Waals surface area contributed by atoms with Gasteiger partial charge < -0.3 is 33.8 Å². The van der Waals surface area contributed by atoms with Gasteiger partial charge in [-0.15, -0.1) is 0 Å². The number of hydrogen-bond donors (Lipinski definition) is 3. The summed E-state index contributed by atoms with van der Waals surface area (Å²) in [7, 11) is -9.91. The fourth-order valence-corrected chi connectivity index (χ4v) is 12.9. The third kappa shape index (κ3) is 68.4. The van der Waals surface area contributed by atoms with Gasteiger partial charge in [0, 0.05) is 25.7 Å². The Hall–Kier alpha value is -1.94. The molecular weight excluding hydrogens is 1220 g/mol. The molecule has 0 heterocycles. The zero-order valence-electron chi connectivity index (χ0n) is 60.6. The first-order valence-electron chi connectivity index (χ1n) is 38.5. The minimum Gasteiger partial charge on any atom is -0.462 e. The van der Waals surface area contributed by atoms with Crippen molar-refractivity contribution in [2.24, 2.45) is 11.8 Å². The lowest BCUT2D eigenvalue weighted by Gasteiger charge is -2.21. The molecule has 0 rings (SSSR count). The zero-order chi connectivity index (χ0) is 68.6. The second-order valence-electron chi connectivity index (χ2n) is 27.6. The second-order valence-corrected chi connectivity index (χ2v) is 30.5. The van der Waals surface area contributed by atoms with E-state index in [0.717, 1.165) is 102 Å². The molecule has 0 aliphatic heterocycles. The van der Waals surface area contributed by atoms with Crippen molar-refractivity contribution in [1.29, 1.82) is 0 Å². The molecule has 2 unspecified atom stereocenters. The van der Waals surface area contributed by atoms with Crippen molar-refractivity contribution in [3.05, 3.63) is 0 Å². The van der Waals surface area contributed by atoms with Gasteiger partial charge in [-0.3, -0.25) is 37.3 Å². The molecule has 552 valence electrons. The van der Waals surface area contributed by atoms with Gasteiger partial charge in [0.05, 0.1) is 26.4 Å². The molecule has 0 aliphatic carbocycles. The number of carbonyl (C=O) groups is 4. The Labute approximate surface area is 568 Å². The summed E-state index contributed by atoms with van der Waals surface area (Å²) < 4.78 is 68.4. The Morgan fingerprint density at radius 1 is 0.290 bits per heavy atom. The summed E-state index contributed by atoms with van der Waals surface area (Å²) in [5, 5.41) is 10.6. The SMILES string of the molecule is CCCCCCCCCCCCCCCCCCC(=O)OC[C@H](COP(=O)(O)OC[C@@H](O)COP(=O)(O)OC[C@@H](COC(=O)CCCCCCCCCC(C)C)OC(=O)CCCCCCCCCCCCC)OC(=O)CCCCCCCCCCCCCCCC(C)C. The number of carbonyl (C=O) groups excluding carboxylic acids is 4. The summed E-state index contributed by atoms with van der Waals surface area (Å²) in [6.07, 6.45) is 52.7. The van der Waals surface area contributed by atoms with Crippen molar-refractivity contribution >= 4 is 39.5 Å². The predicted octanol–water partition coefficient (Wildman–Crippen LogP) is 21.6. The summed E-state index contributed by atoms with van der Waals surface area (Å²) in [5.74, 6) is -0.626. The number of rotatable bonds is 73. The first-order chi connectivity index (χ1) is 44.9. The van der Waals surface area contributed by atoms with E-state index in [1.807, 2.05) is 0 Å². The third-order valence-electron chi connectivity index (χ3n) is 17.2. The van der Waals surface area contributed by atoms with Crippen LogP contribution in [-0.4, -0.2) is 96.7 Å². The molecule has 0 aliphatic rings. The van der Waals surface area contributed by atoms with Crippen LogP contribution in [0.15, 0.2) is 0 Å². The lowest BCUT2D eigenvalue weighted by molar-refractivity contribution is -0.161. The molecule has 0 aromatic rings. The highest BCUT2D eigenvalue weighted by Gasteiger charge is 2.30. The van der Waals surface area contributed by atoms with E-state index in [9.17, 15) is 43.2 Å². The van der Waals surface area contributed by atoms with Gasteiger partial charge in [-0.1, -0.05) is 330 Å². The van der Waals surface area contributed by atoms with Crippen LogP contribution in [0.5, 0.6) is 0 Å². The van der Waals surface area contributed by atoms with Crippen molar-refractivity contribution in [2.75, 3.05) is 39.6 Å². The monoisotopic (exact) mass is 1370 g/mol. The Balaban J connectivity index is 5.24. The van der Waals surface area contributed by atoms with Gasteiger partial charge in [-0.05, 0) is 37.5 Å². The Kier molecular flexibility index (Phi) is 64.6. The van der Waals surface area contributed by atoms with Crippen molar-refractivity contribution in [2.45, 2.75) is 400 Å². The Bertz CT molecular complexity index is 1800. The number of phosphoric acid groups is 2. The van der Waals surface area contributed by atoms with Gasteiger partial charge in [0.1, 0.15) is 19.3 Å². The second kappa shape index (κ2) is 66.0. The highest BCUT2D eigenvalue weighted by atomic mass is 31.2. The number of hydrogen-bond acceptors (Lipinski definition) is 15. The van der Waals surface area contributed by atoms with Gasteiger partial charge in [0.2, 0.25) is 0 Å². The minimum absolute atomic E-state index is 0.106. The first-order valence-corrected chi connectivity index (χ1v) is 41.5. The molecule has 0 spiro atoms. The molecule has 3 N–H and O–H groups in total. The molecule has 0 aromatic heterocycles. The quantitative estimate of drug-likeness (QED) is 0.0222. The van der Waals surface area contributed by atoms with E-state index in [1.54, 1.807) is 0 Å². The van der Waals surface area contributed by atoms with E-state index in [2.05, 4.69) is 41.5 Å². The largest absolute Gasteiger partial charge is 0.472 e. The highest BCUT2D eigenvalue weighted by Crippen LogP contribution is 2.45. The fraction of sp³-hybridized carbons (Fsp3) is 0.946. The smallest absolute Gasteiger partial charge is 0.462 e. The predicted molar refractivity (Wildman–Crippen MR) is 377 cm³/mol. The van der Waals surface area contributed by atoms with Gasteiger partial charge >= 0.3 is 39.5 Å². The van der Waals surface area contributed by atoms with Crippen LogP contribution in [0.3, 0.4) is 0 Å². The van der Waals surface area contributed by atoms with Gasteiger partial charge in [-0.25, -0.2) is 9.13 Å². The number of aliphatic hydroxyl groups excluding tert-OH is 1. The molecule has 0 radical (unpaired) electrons. The number of phosphoric ester groups is 2. The molecule has 17 nitrogen and oxygen atoms in total. The van der Waals surface area contributed by atoms with Crippen LogP contribution in [-0.2, 0) is 65.4 Å². The van der Waals surface area contributed by atoms with Crippen molar-refractivity contribution in [1.82, 2.24) is 0 Å². The number of unbranched alkanes of at least 4 members (excludes halogenated alkanes) is 43. The maximum absolute atomic E-state index is 13.1. The van der Waals surface area contributed by atoms with Crippen LogP contribution in [0, 0.1) is 11.8 Å². The fourth-order valence-electron chi connectivity index (χ4n) is 11.3. The summed E-state index contributed by atoms with van der Waals surface area (Å²) in [5.41, 5.74) is 0. The standard InChI is InChI=1S/C74H144O17P2/c1-7-9-11-13-15-17-19-20-21-22-25-29-32-38-44-50-56-71(76)84-62-69(90-74(79)59-53-47-40-34-30-26-23-24-28-31-36-42-48-54-66(3)4)64-88-92(80,81)86-60-68(75)61-87-93(82,83)89-65-70(63-85-72(77)57-51-45-41-35-37-43-49-55-67(5)6)91-73(78)58-52-46-39-33-27-18-16-14-12-10-8-2/h66-70,75H,7-65H2,1-6H3,(H,80,81)(H,82,83)/t68-,69-,70-/m1/s1. The van der Waals surface area contributed by atoms with Crippen LogP contribution in [0.2, 0.25) is 0 Å². The molecule has 19 heteroatoms. The molecular formula is C74H144O17P2. The van der Waals surface area contributed by atoms with E-state index >= 15 is 0 Å². The summed E-state index contributed by atoms with van der Waals surface area (Å²) >= 11 is 0. The highest BCUT2D eigenvalue weighted by molar-refractivity contribution is 7.47. The maximum atomic E-state index is 13.1. The van der Waals surface area contributed by atoms with Gasteiger partial charge in [0.25, 0.3) is 0 Å². The lowest BCUT2D eigenvalue weighted by Crippen LogP contribution is -2.30. The van der Waals surface area contributed by atoms with E-state index in [4.69, 9.17) is 37.0 Å². The average molecular weight is 1370 g/mol. The number of aliphatic hydroxyl groups is 1. The van der Waals surface area contributed by atoms with Gasteiger partial charge in [-0.2, -0.15) is 0 Å². The molecule has 0 aromatic carbocycles. The van der Waals surface area contributed by atoms with Crippen LogP contribution in [0.25, 0.3) is 0 Å². The van der Waals surface area contributed by atoms with Crippen LogP contribution in [0.4, 0.5) is 0 Å². The van der Waals surface area contributed by atoms with Crippen molar-refractivity contribution in [3.63, 3.8) is 0 Å². The van der Waals surface area contributed by atoms with Crippen molar-refractivity contribution < 1.29 is 80.2 Å². The molecule has 0 saturated carbocycles. The topological polar surface area (TPSA) is 237 Å². The average Bonchev–Trinajstić information content (AvgIpc) is 2.28.